The van der Waals surface area contributed by atoms with Crippen molar-refractivity contribution < 1.29 is 0 Å². The Labute approximate surface area is 301 Å². The van der Waals surface area contributed by atoms with Gasteiger partial charge in [0.2, 0.25) is 0 Å². The van der Waals surface area contributed by atoms with Crippen LogP contribution in [0.2, 0.25) is 0 Å². The summed E-state index contributed by atoms with van der Waals surface area (Å²) in [5.41, 5.74) is 8.32. The van der Waals surface area contributed by atoms with Gasteiger partial charge in [-0.1, -0.05) is 18.2 Å². The molecule has 0 unspecified atom stereocenters. The van der Waals surface area contributed by atoms with E-state index in [1.807, 2.05) is 65.0 Å². The Morgan fingerprint density at radius 3 is 2.47 bits per heavy atom. The van der Waals surface area contributed by atoms with Crippen LogP contribution in [0.4, 0.5) is 23.0 Å². The van der Waals surface area contributed by atoms with Gasteiger partial charge in [0.05, 0.1) is 39.7 Å². The van der Waals surface area contributed by atoms with Crippen LogP contribution in [0.25, 0.3) is 72.2 Å². The second-order valence-electron chi connectivity index (χ2n) is 12.6. The first-order valence-corrected chi connectivity index (χ1v) is 17.1. The number of pyridine rings is 4. The molecular weight excluding hydrogens is 665 g/mol. The van der Waals surface area contributed by atoms with Crippen LogP contribution in [-0.2, 0) is 6.54 Å². The average Bonchev–Trinajstić information content (AvgIpc) is 4.01. The smallest absolute Gasteiger partial charge is 0.178 e. The number of rotatable bonds is 8. The maximum absolute atomic E-state index is 5.20. The van der Waals surface area contributed by atoms with E-state index in [2.05, 4.69) is 95.4 Å². The summed E-state index contributed by atoms with van der Waals surface area (Å²) in [6.45, 7) is 4.72. The second kappa shape index (κ2) is 12.1. The Bertz CT molecular complexity index is 2990. The van der Waals surface area contributed by atoms with Gasteiger partial charge >= 0.3 is 0 Å². The first-order chi connectivity index (χ1) is 26.1. The first kappa shape index (κ1) is 30.4. The van der Waals surface area contributed by atoms with Gasteiger partial charge in [0.1, 0.15) is 22.9 Å². The molecular formula is C39H30N14. The molecule has 0 aliphatic heterocycles. The zero-order valence-corrected chi connectivity index (χ0v) is 28.6. The van der Waals surface area contributed by atoms with E-state index in [-0.39, 0.29) is 0 Å². The van der Waals surface area contributed by atoms with Gasteiger partial charge in [0.25, 0.3) is 0 Å². The van der Waals surface area contributed by atoms with E-state index < -0.39 is 0 Å². The zero-order valence-electron chi connectivity index (χ0n) is 28.6. The highest BCUT2D eigenvalue weighted by atomic mass is 15.3. The van der Waals surface area contributed by atoms with E-state index >= 15 is 0 Å². The molecule has 10 aromatic rings. The molecule has 2 aromatic carbocycles. The molecule has 0 radical (unpaired) electrons. The van der Waals surface area contributed by atoms with Crippen molar-refractivity contribution in [1.82, 2.24) is 59.7 Å². The molecule has 53 heavy (non-hydrogen) atoms. The highest BCUT2D eigenvalue weighted by Gasteiger charge is 2.19. The number of aryl methyl sites for hydroxylation is 2. The van der Waals surface area contributed by atoms with E-state index in [9.17, 15) is 0 Å². The summed E-state index contributed by atoms with van der Waals surface area (Å²) in [7, 11) is 0. The lowest BCUT2D eigenvalue weighted by atomic mass is 10.0. The summed E-state index contributed by atoms with van der Waals surface area (Å²) < 4.78 is 4.01. The third-order valence-corrected chi connectivity index (χ3v) is 9.38. The number of para-hydroxylation sites is 1. The van der Waals surface area contributed by atoms with Crippen molar-refractivity contribution >= 4 is 66.8 Å². The Hall–Kier alpha value is -7.48. The number of imidazole rings is 1. The van der Waals surface area contributed by atoms with Crippen LogP contribution in [0.5, 0.6) is 0 Å². The van der Waals surface area contributed by atoms with Gasteiger partial charge in [-0.05, 0) is 79.9 Å². The van der Waals surface area contributed by atoms with Crippen LogP contribution in [0.3, 0.4) is 0 Å². The molecule has 0 fully saturated rings. The fourth-order valence-electron chi connectivity index (χ4n) is 6.83. The number of H-pyrrole nitrogens is 2. The van der Waals surface area contributed by atoms with Gasteiger partial charge in [-0.2, -0.15) is 15.3 Å². The average molecular weight is 695 g/mol. The summed E-state index contributed by atoms with van der Waals surface area (Å²) in [5, 5.41) is 30.7. The largest absolute Gasteiger partial charge is 0.337 e. The Morgan fingerprint density at radius 2 is 1.57 bits per heavy atom. The van der Waals surface area contributed by atoms with Crippen LogP contribution in [0.15, 0.2) is 110 Å². The Balaban J connectivity index is 1.05. The molecule has 0 spiro atoms. The summed E-state index contributed by atoms with van der Waals surface area (Å²) in [5.74, 6) is 2.96. The molecule has 0 atom stereocenters. The number of hydrogen-bond donors (Lipinski definition) is 4. The molecule has 0 aliphatic carbocycles. The van der Waals surface area contributed by atoms with E-state index in [0.717, 1.165) is 89.4 Å². The number of benzene rings is 2. The van der Waals surface area contributed by atoms with Gasteiger partial charge in [-0.15, -0.1) is 0 Å². The number of hydrogen-bond acceptors (Lipinski definition) is 10. The Morgan fingerprint density at radius 1 is 0.698 bits per heavy atom. The van der Waals surface area contributed by atoms with E-state index in [0.29, 0.717) is 18.2 Å². The van der Waals surface area contributed by atoms with Crippen LogP contribution in [0, 0.1) is 6.92 Å². The van der Waals surface area contributed by atoms with E-state index in [4.69, 9.17) is 15.1 Å². The molecule has 256 valence electrons. The number of anilines is 4. The molecule has 0 saturated carbocycles. The standard InChI is InChI=1S/C39H30N14/c1-3-53-33(28-8-4-7-23-17-26(21-43-34(23)28)45-37-29-9-5-14-42-36(29)48-49-37)20-32(51-53)31-19-24-18-25(44-38-35-30(47-50-38)10-6-13-41-35)11-12-27(24)39(46-31)52-16-15-40-22(52)2/h4-21H,3H2,1-2H3,(H2,44,47,50)(H2,42,45,48,49). The predicted molar refractivity (Wildman–Crippen MR) is 206 cm³/mol. The SMILES string of the molecule is CCn1nc(-c2cc3cc(Nc4n[nH]c5cccnc45)ccc3c(-n3ccnc3C)n2)cc1-c1cccc2cc(Nc3n[nH]c4ncccc34)cnc12. The number of aromatic nitrogens is 12. The van der Waals surface area contributed by atoms with Crippen molar-refractivity contribution in [1.29, 1.82) is 0 Å². The molecule has 0 aliphatic rings. The molecule has 10 rings (SSSR count). The van der Waals surface area contributed by atoms with Crippen LogP contribution < -0.4 is 10.6 Å². The number of fused-ring (bicyclic) bond motifs is 4. The van der Waals surface area contributed by atoms with Gasteiger partial charge in [-0.3, -0.25) is 29.4 Å². The minimum Gasteiger partial charge on any atom is -0.337 e. The van der Waals surface area contributed by atoms with Gasteiger partial charge in [0.15, 0.2) is 17.3 Å². The quantitative estimate of drug-likeness (QED) is 0.123. The van der Waals surface area contributed by atoms with Crippen molar-refractivity contribution in [2.75, 3.05) is 10.6 Å². The number of aromatic amines is 2. The van der Waals surface area contributed by atoms with E-state index in [1.54, 1.807) is 18.6 Å². The van der Waals surface area contributed by atoms with Crippen molar-refractivity contribution in [3.63, 3.8) is 0 Å². The molecule has 14 nitrogen and oxygen atoms in total. The fourth-order valence-corrected chi connectivity index (χ4v) is 6.83. The summed E-state index contributed by atoms with van der Waals surface area (Å²) in [6.07, 6.45) is 9.04. The number of nitrogens with zero attached hydrogens (tertiary/aromatic N) is 10. The maximum atomic E-state index is 5.20. The minimum atomic E-state index is 0.657. The van der Waals surface area contributed by atoms with Crippen molar-refractivity contribution in [3.8, 4) is 28.5 Å². The van der Waals surface area contributed by atoms with Crippen molar-refractivity contribution in [2.24, 2.45) is 0 Å². The molecule has 4 N–H and O–H groups in total. The van der Waals surface area contributed by atoms with Crippen LogP contribution in [0.1, 0.15) is 12.7 Å². The summed E-state index contributed by atoms with van der Waals surface area (Å²) in [4.78, 5) is 23.5. The van der Waals surface area contributed by atoms with Gasteiger partial charge in [-0.25, -0.2) is 15.0 Å². The normalized spacial score (nSPS) is 11.7. The lowest BCUT2D eigenvalue weighted by molar-refractivity contribution is 0.669. The fraction of sp³-hybridized carbons (Fsp3) is 0.0769. The third kappa shape index (κ3) is 5.19. The first-order valence-electron chi connectivity index (χ1n) is 17.1. The highest BCUT2D eigenvalue weighted by molar-refractivity contribution is 5.98. The highest BCUT2D eigenvalue weighted by Crippen LogP contribution is 2.35. The number of nitrogens with one attached hydrogen (secondary N) is 4. The molecule has 0 bridgehead atoms. The minimum absolute atomic E-state index is 0.657. The molecule has 0 amide bonds. The maximum Gasteiger partial charge on any atom is 0.178 e. The lowest BCUT2D eigenvalue weighted by Crippen LogP contribution is -2.03. The predicted octanol–water partition coefficient (Wildman–Crippen LogP) is 7.86. The topological polar surface area (TPSA) is 169 Å². The van der Waals surface area contributed by atoms with Crippen LogP contribution >= 0.6 is 0 Å². The summed E-state index contributed by atoms with van der Waals surface area (Å²) >= 11 is 0. The van der Waals surface area contributed by atoms with E-state index in [1.165, 1.54) is 0 Å². The monoisotopic (exact) mass is 694 g/mol. The lowest BCUT2D eigenvalue weighted by Gasteiger charge is -2.12. The molecule has 0 saturated heterocycles. The Kier molecular flexibility index (Phi) is 6.92. The molecule has 14 heteroatoms. The zero-order chi connectivity index (χ0) is 35.5. The van der Waals surface area contributed by atoms with Gasteiger partial charge < -0.3 is 10.6 Å². The van der Waals surface area contributed by atoms with Crippen molar-refractivity contribution in [3.05, 3.63) is 116 Å². The molecule has 8 aromatic heterocycles. The van der Waals surface area contributed by atoms with Gasteiger partial charge in [0, 0.05) is 53.4 Å². The summed E-state index contributed by atoms with van der Waals surface area (Å²) in [6, 6.07) is 26.3. The second-order valence-corrected chi connectivity index (χ2v) is 12.6. The van der Waals surface area contributed by atoms with Crippen LogP contribution in [-0.4, -0.2) is 59.7 Å². The third-order valence-electron chi connectivity index (χ3n) is 9.38. The molecule has 8 heterocycles. The van der Waals surface area contributed by atoms with Crippen molar-refractivity contribution in [2.45, 2.75) is 20.4 Å².